The number of ether oxygens (including phenoxy) is 3. The Kier molecular flexibility index (Phi) is 6.39. The van der Waals surface area contributed by atoms with Gasteiger partial charge in [-0.2, -0.15) is 0 Å². The van der Waals surface area contributed by atoms with Crippen molar-refractivity contribution in [1.29, 1.82) is 0 Å². The van der Waals surface area contributed by atoms with E-state index in [4.69, 9.17) is 14.2 Å². The molecule has 1 unspecified atom stereocenters. The van der Waals surface area contributed by atoms with Gasteiger partial charge in [0.2, 0.25) is 0 Å². The Labute approximate surface area is 146 Å². The minimum atomic E-state index is -0.709. The molecule has 2 rings (SSSR count). The number of carbonyl (C=O) groups is 2. The van der Waals surface area contributed by atoms with Gasteiger partial charge in [-0.25, -0.2) is 4.79 Å². The van der Waals surface area contributed by atoms with E-state index < -0.39 is 12.1 Å². The molecule has 0 radical (unpaired) electrons. The van der Waals surface area contributed by atoms with E-state index in [1.807, 2.05) is 0 Å². The highest BCUT2D eigenvalue weighted by atomic mass is 16.6. The van der Waals surface area contributed by atoms with E-state index >= 15 is 0 Å². The van der Waals surface area contributed by atoms with Gasteiger partial charge in [-0.3, -0.25) is 4.79 Å². The second kappa shape index (κ2) is 8.73. The lowest BCUT2D eigenvalue weighted by Gasteiger charge is -2.13. The second-order valence-corrected chi connectivity index (χ2v) is 5.22. The van der Waals surface area contributed by atoms with Crippen LogP contribution in [-0.2, 0) is 9.53 Å². The minimum Gasteiger partial charge on any atom is -0.497 e. The van der Waals surface area contributed by atoms with Crippen LogP contribution in [0.1, 0.15) is 24.2 Å². The monoisotopic (exact) mass is 343 g/mol. The summed E-state index contributed by atoms with van der Waals surface area (Å²) in [5.74, 6) is 0.538. The summed E-state index contributed by atoms with van der Waals surface area (Å²) in [7, 11) is 1.58. The van der Waals surface area contributed by atoms with Gasteiger partial charge in [0.25, 0.3) is 5.91 Å². The van der Waals surface area contributed by atoms with E-state index in [1.165, 1.54) is 0 Å². The first-order chi connectivity index (χ1) is 12.0. The van der Waals surface area contributed by atoms with Crippen molar-refractivity contribution in [2.24, 2.45) is 0 Å². The highest BCUT2D eigenvalue weighted by Gasteiger charge is 2.16. The molecular formula is C19H21NO5. The summed E-state index contributed by atoms with van der Waals surface area (Å²) in [4.78, 5) is 23.8. The van der Waals surface area contributed by atoms with Gasteiger partial charge in [0.15, 0.2) is 6.10 Å². The van der Waals surface area contributed by atoms with E-state index in [-0.39, 0.29) is 5.91 Å². The quantitative estimate of drug-likeness (QED) is 0.781. The highest BCUT2D eigenvalue weighted by Crippen LogP contribution is 2.18. The van der Waals surface area contributed by atoms with Crippen molar-refractivity contribution in [2.75, 3.05) is 19.0 Å². The van der Waals surface area contributed by atoms with Crippen LogP contribution in [0.3, 0.4) is 0 Å². The van der Waals surface area contributed by atoms with Crippen LogP contribution in [0, 0.1) is 0 Å². The molecule has 1 N–H and O–H groups in total. The number of nitrogens with one attached hydrogen (secondary N) is 1. The molecule has 0 bridgehead atoms. The standard InChI is InChI=1S/C19H21NO5/c1-4-24-19(22)13(2)25-17-9-5-14(6-10-17)18(21)20-15-7-11-16(23-3)12-8-15/h5-13H,4H2,1-3H3,(H,20,21). The van der Waals surface area contributed by atoms with E-state index in [1.54, 1.807) is 69.5 Å². The van der Waals surface area contributed by atoms with Crippen LogP contribution in [0.2, 0.25) is 0 Å². The van der Waals surface area contributed by atoms with E-state index in [2.05, 4.69) is 5.32 Å². The molecule has 0 saturated heterocycles. The van der Waals surface area contributed by atoms with E-state index in [0.717, 1.165) is 5.75 Å². The molecule has 2 aromatic carbocycles. The number of hydrogen-bond acceptors (Lipinski definition) is 5. The normalized spacial score (nSPS) is 11.3. The number of hydrogen-bond donors (Lipinski definition) is 1. The van der Waals surface area contributed by atoms with Crippen molar-refractivity contribution in [2.45, 2.75) is 20.0 Å². The fraction of sp³-hybridized carbons (Fsp3) is 0.263. The lowest BCUT2D eigenvalue weighted by atomic mass is 10.2. The molecule has 6 heteroatoms. The molecule has 0 aromatic heterocycles. The third-order valence-corrected chi connectivity index (χ3v) is 3.40. The smallest absolute Gasteiger partial charge is 0.347 e. The number of esters is 1. The maximum Gasteiger partial charge on any atom is 0.347 e. The summed E-state index contributed by atoms with van der Waals surface area (Å²) in [6, 6.07) is 13.6. The van der Waals surface area contributed by atoms with Gasteiger partial charge in [0.1, 0.15) is 11.5 Å². The third kappa shape index (κ3) is 5.24. The summed E-state index contributed by atoms with van der Waals surface area (Å²) in [6.07, 6.45) is -0.709. The molecule has 25 heavy (non-hydrogen) atoms. The van der Waals surface area contributed by atoms with Gasteiger partial charge in [-0.15, -0.1) is 0 Å². The van der Waals surface area contributed by atoms with Gasteiger partial charge in [-0.1, -0.05) is 0 Å². The van der Waals surface area contributed by atoms with Crippen molar-refractivity contribution in [3.05, 3.63) is 54.1 Å². The van der Waals surface area contributed by atoms with Gasteiger partial charge in [-0.05, 0) is 62.4 Å². The van der Waals surface area contributed by atoms with Crippen molar-refractivity contribution >= 4 is 17.6 Å². The van der Waals surface area contributed by atoms with Crippen molar-refractivity contribution < 1.29 is 23.8 Å². The van der Waals surface area contributed by atoms with E-state index in [0.29, 0.717) is 23.6 Å². The predicted molar refractivity (Wildman–Crippen MR) is 94.1 cm³/mol. The average molecular weight is 343 g/mol. The zero-order valence-corrected chi connectivity index (χ0v) is 14.4. The maximum absolute atomic E-state index is 12.2. The van der Waals surface area contributed by atoms with Gasteiger partial charge in [0, 0.05) is 11.3 Å². The molecule has 2 aromatic rings. The Morgan fingerprint density at radius 2 is 1.60 bits per heavy atom. The fourth-order valence-corrected chi connectivity index (χ4v) is 2.07. The van der Waals surface area contributed by atoms with Crippen LogP contribution in [0.15, 0.2) is 48.5 Å². The number of rotatable bonds is 7. The minimum absolute atomic E-state index is 0.241. The molecule has 0 spiro atoms. The molecule has 1 atom stereocenters. The topological polar surface area (TPSA) is 73.9 Å². The molecule has 132 valence electrons. The first-order valence-electron chi connectivity index (χ1n) is 7.92. The van der Waals surface area contributed by atoms with Crippen LogP contribution in [0.5, 0.6) is 11.5 Å². The average Bonchev–Trinajstić information content (AvgIpc) is 2.63. The fourth-order valence-electron chi connectivity index (χ4n) is 2.07. The SMILES string of the molecule is CCOC(=O)C(C)Oc1ccc(C(=O)Nc2ccc(OC)cc2)cc1. The van der Waals surface area contributed by atoms with Crippen molar-refractivity contribution in [3.63, 3.8) is 0 Å². The molecule has 0 aliphatic rings. The number of carbonyl (C=O) groups excluding carboxylic acids is 2. The molecule has 0 saturated carbocycles. The van der Waals surface area contributed by atoms with Crippen molar-refractivity contribution in [3.8, 4) is 11.5 Å². The molecule has 6 nitrogen and oxygen atoms in total. The molecule has 0 heterocycles. The van der Waals surface area contributed by atoms with Gasteiger partial charge < -0.3 is 19.5 Å². The summed E-state index contributed by atoms with van der Waals surface area (Å²) in [5, 5.41) is 2.80. The van der Waals surface area contributed by atoms with Crippen LogP contribution in [0.25, 0.3) is 0 Å². The van der Waals surface area contributed by atoms with Crippen LogP contribution < -0.4 is 14.8 Å². The van der Waals surface area contributed by atoms with Gasteiger partial charge in [0.05, 0.1) is 13.7 Å². The number of amides is 1. The molecular weight excluding hydrogens is 322 g/mol. The molecule has 0 fully saturated rings. The Morgan fingerprint density at radius 3 is 2.16 bits per heavy atom. The largest absolute Gasteiger partial charge is 0.497 e. The molecule has 0 aliphatic carbocycles. The Hall–Kier alpha value is -3.02. The number of anilines is 1. The van der Waals surface area contributed by atoms with Crippen LogP contribution >= 0.6 is 0 Å². The first-order valence-corrected chi connectivity index (χ1v) is 7.92. The summed E-state index contributed by atoms with van der Waals surface area (Å²) in [5.41, 5.74) is 1.15. The zero-order valence-electron chi connectivity index (χ0n) is 14.4. The molecule has 0 aliphatic heterocycles. The lowest BCUT2D eigenvalue weighted by molar-refractivity contribution is -0.150. The molecule has 1 amide bonds. The summed E-state index contributed by atoms with van der Waals surface area (Å²) < 4.78 is 15.4. The number of methoxy groups -OCH3 is 1. The lowest BCUT2D eigenvalue weighted by Crippen LogP contribution is -2.26. The summed E-state index contributed by atoms with van der Waals surface area (Å²) >= 11 is 0. The second-order valence-electron chi connectivity index (χ2n) is 5.22. The Morgan fingerprint density at radius 1 is 1.00 bits per heavy atom. The van der Waals surface area contributed by atoms with Gasteiger partial charge >= 0.3 is 5.97 Å². The maximum atomic E-state index is 12.2. The zero-order chi connectivity index (χ0) is 18.2. The Bertz CT molecular complexity index is 710. The summed E-state index contributed by atoms with van der Waals surface area (Å²) in [6.45, 7) is 3.65. The number of benzene rings is 2. The highest BCUT2D eigenvalue weighted by molar-refractivity contribution is 6.04. The third-order valence-electron chi connectivity index (χ3n) is 3.40. The van der Waals surface area contributed by atoms with E-state index in [9.17, 15) is 9.59 Å². The predicted octanol–water partition coefficient (Wildman–Crippen LogP) is 3.28. The first kappa shape index (κ1) is 18.3. The van der Waals surface area contributed by atoms with Crippen molar-refractivity contribution in [1.82, 2.24) is 0 Å². The van der Waals surface area contributed by atoms with Crippen LogP contribution in [-0.4, -0.2) is 31.7 Å². The van der Waals surface area contributed by atoms with Crippen LogP contribution in [0.4, 0.5) is 5.69 Å². The Balaban J connectivity index is 1.96.